The summed E-state index contributed by atoms with van der Waals surface area (Å²) in [6.07, 6.45) is -0.366. The van der Waals surface area contributed by atoms with Gasteiger partial charge in [0.15, 0.2) is 0 Å². The van der Waals surface area contributed by atoms with Crippen LogP contribution in [0.4, 0.5) is 8.78 Å². The molecule has 4 rings (SSSR count). The molecule has 0 aliphatic carbocycles. The Kier molecular flexibility index (Phi) is 4.68. The first-order valence-corrected chi connectivity index (χ1v) is 9.05. The van der Waals surface area contributed by atoms with E-state index in [0.717, 1.165) is 34.9 Å². The van der Waals surface area contributed by atoms with Crippen LogP contribution in [0.5, 0.6) is 0 Å². The number of hydrogen-bond donors (Lipinski definition) is 2. The Morgan fingerprint density at radius 2 is 2.00 bits per heavy atom. The Hall–Kier alpha value is -3.06. The van der Waals surface area contributed by atoms with Crippen LogP contribution < -0.4 is 10.6 Å². The Morgan fingerprint density at radius 1 is 1.18 bits per heavy atom. The molecule has 0 saturated heterocycles. The average Bonchev–Trinajstić information content (AvgIpc) is 3.10. The Balaban J connectivity index is 1.63. The molecule has 0 spiro atoms. The molecule has 5 nitrogen and oxygen atoms in total. The van der Waals surface area contributed by atoms with Gasteiger partial charge in [-0.15, -0.1) is 0 Å². The van der Waals surface area contributed by atoms with Gasteiger partial charge >= 0.3 is 0 Å². The van der Waals surface area contributed by atoms with Crippen molar-refractivity contribution in [2.75, 3.05) is 6.54 Å². The highest BCUT2D eigenvalue weighted by atomic mass is 19.1. The van der Waals surface area contributed by atoms with E-state index in [1.807, 2.05) is 26.0 Å². The first kappa shape index (κ1) is 18.3. The van der Waals surface area contributed by atoms with E-state index in [1.165, 1.54) is 0 Å². The van der Waals surface area contributed by atoms with Crippen LogP contribution in [-0.2, 0) is 6.54 Å². The lowest BCUT2D eigenvalue weighted by Crippen LogP contribution is -2.45. The van der Waals surface area contributed by atoms with E-state index >= 15 is 0 Å². The maximum Gasteiger partial charge on any atom is 0.269 e. The standard InChI is InChI=1S/C21H20F2N4O/c1-12-3-5-16(13(2)7-12)18-9-19-21(28)25-11-20(27(19)26-18)24-10-14-8-15(22)4-6-17(14)23/h3-9,20,24H,10-11H2,1-2H3,(H,25,28)/t20-/m0/s1. The Labute approximate surface area is 161 Å². The van der Waals surface area contributed by atoms with Gasteiger partial charge in [-0.25, -0.2) is 13.5 Å². The van der Waals surface area contributed by atoms with E-state index in [4.69, 9.17) is 0 Å². The van der Waals surface area contributed by atoms with Crippen molar-refractivity contribution in [1.29, 1.82) is 0 Å². The van der Waals surface area contributed by atoms with Gasteiger partial charge in [0, 0.05) is 17.7 Å². The number of rotatable bonds is 4. The maximum absolute atomic E-state index is 13.9. The predicted octanol–water partition coefficient (Wildman–Crippen LogP) is 3.48. The van der Waals surface area contributed by atoms with Gasteiger partial charge in [-0.3, -0.25) is 10.1 Å². The number of hydrogen-bond acceptors (Lipinski definition) is 3. The lowest BCUT2D eigenvalue weighted by Gasteiger charge is -2.26. The van der Waals surface area contributed by atoms with Gasteiger partial charge in [-0.05, 0) is 43.7 Å². The molecule has 144 valence electrons. The molecule has 1 aliphatic heterocycles. The third kappa shape index (κ3) is 3.41. The van der Waals surface area contributed by atoms with Crippen molar-refractivity contribution in [1.82, 2.24) is 20.4 Å². The molecule has 3 aromatic rings. The van der Waals surface area contributed by atoms with Crippen molar-refractivity contribution in [3.63, 3.8) is 0 Å². The van der Waals surface area contributed by atoms with E-state index in [9.17, 15) is 13.6 Å². The van der Waals surface area contributed by atoms with Gasteiger partial charge in [-0.2, -0.15) is 5.10 Å². The number of aromatic nitrogens is 2. The molecule has 1 aromatic heterocycles. The monoisotopic (exact) mass is 382 g/mol. The molecule has 2 heterocycles. The van der Waals surface area contributed by atoms with Crippen LogP contribution >= 0.6 is 0 Å². The number of fused-ring (bicyclic) bond motifs is 1. The molecular formula is C21H20F2N4O. The number of carbonyl (C=O) groups is 1. The lowest BCUT2D eigenvalue weighted by molar-refractivity contribution is 0.0900. The molecule has 0 unspecified atom stereocenters. The second-order valence-electron chi connectivity index (χ2n) is 7.02. The molecule has 28 heavy (non-hydrogen) atoms. The van der Waals surface area contributed by atoms with Crippen LogP contribution in [0.2, 0.25) is 0 Å². The van der Waals surface area contributed by atoms with Crippen molar-refractivity contribution in [2.45, 2.75) is 26.6 Å². The summed E-state index contributed by atoms with van der Waals surface area (Å²) in [5.41, 5.74) is 4.53. The van der Waals surface area contributed by atoms with Crippen molar-refractivity contribution in [3.05, 3.63) is 76.5 Å². The highest BCUT2D eigenvalue weighted by Crippen LogP contribution is 2.26. The van der Waals surface area contributed by atoms with Crippen LogP contribution in [0.3, 0.4) is 0 Å². The lowest BCUT2D eigenvalue weighted by atomic mass is 10.0. The molecule has 1 atom stereocenters. The van der Waals surface area contributed by atoms with Crippen LogP contribution in [0.15, 0.2) is 42.5 Å². The van der Waals surface area contributed by atoms with Gasteiger partial charge in [-0.1, -0.05) is 23.8 Å². The van der Waals surface area contributed by atoms with Gasteiger partial charge in [0.05, 0.1) is 12.2 Å². The summed E-state index contributed by atoms with van der Waals surface area (Å²) in [5.74, 6) is -1.18. The number of halogens is 2. The van der Waals surface area contributed by atoms with Crippen molar-refractivity contribution in [2.24, 2.45) is 0 Å². The van der Waals surface area contributed by atoms with E-state index in [-0.39, 0.29) is 24.2 Å². The summed E-state index contributed by atoms with van der Waals surface area (Å²) in [4.78, 5) is 12.3. The number of aryl methyl sites for hydroxylation is 2. The predicted molar refractivity (Wildman–Crippen MR) is 102 cm³/mol. The number of nitrogens with zero attached hydrogens (tertiary/aromatic N) is 2. The second-order valence-corrected chi connectivity index (χ2v) is 7.02. The van der Waals surface area contributed by atoms with Crippen LogP contribution in [0.1, 0.15) is 33.3 Å². The van der Waals surface area contributed by atoms with Crippen molar-refractivity contribution in [3.8, 4) is 11.3 Å². The summed E-state index contributed by atoms with van der Waals surface area (Å²) in [7, 11) is 0. The number of amides is 1. The summed E-state index contributed by atoms with van der Waals surface area (Å²) in [6.45, 7) is 4.44. The fraction of sp³-hybridized carbons (Fsp3) is 0.238. The molecule has 0 saturated carbocycles. The normalized spacial score (nSPS) is 16.0. The van der Waals surface area contributed by atoms with E-state index < -0.39 is 11.6 Å². The third-order valence-electron chi connectivity index (χ3n) is 4.91. The third-order valence-corrected chi connectivity index (χ3v) is 4.91. The number of nitrogens with one attached hydrogen (secondary N) is 2. The average molecular weight is 382 g/mol. The van der Waals surface area contributed by atoms with Crippen molar-refractivity contribution < 1.29 is 13.6 Å². The van der Waals surface area contributed by atoms with E-state index in [1.54, 1.807) is 10.7 Å². The fourth-order valence-electron chi connectivity index (χ4n) is 3.47. The molecule has 0 radical (unpaired) electrons. The first-order valence-electron chi connectivity index (χ1n) is 9.05. The Morgan fingerprint density at radius 3 is 2.79 bits per heavy atom. The topological polar surface area (TPSA) is 59.0 Å². The zero-order valence-electron chi connectivity index (χ0n) is 15.6. The van der Waals surface area contributed by atoms with Gasteiger partial charge in [0.25, 0.3) is 5.91 Å². The molecular weight excluding hydrogens is 362 g/mol. The molecule has 7 heteroatoms. The molecule has 2 aromatic carbocycles. The zero-order chi connectivity index (χ0) is 19.8. The quantitative estimate of drug-likeness (QED) is 0.726. The summed E-state index contributed by atoms with van der Waals surface area (Å²) < 4.78 is 28.9. The minimum atomic E-state index is -0.493. The SMILES string of the molecule is Cc1ccc(-c2cc3n(n2)[C@H](NCc2cc(F)ccc2F)CNC3=O)c(C)c1. The van der Waals surface area contributed by atoms with Gasteiger partial charge in [0.1, 0.15) is 23.5 Å². The summed E-state index contributed by atoms with van der Waals surface area (Å²) in [6, 6.07) is 11.2. The fourth-order valence-corrected chi connectivity index (χ4v) is 3.47. The van der Waals surface area contributed by atoms with Gasteiger partial charge < -0.3 is 5.32 Å². The zero-order valence-corrected chi connectivity index (χ0v) is 15.6. The maximum atomic E-state index is 13.9. The molecule has 1 aliphatic rings. The summed E-state index contributed by atoms with van der Waals surface area (Å²) >= 11 is 0. The second kappa shape index (κ2) is 7.16. The molecule has 2 N–H and O–H groups in total. The number of carbonyl (C=O) groups excluding carboxylic acids is 1. The first-order chi connectivity index (χ1) is 13.4. The van der Waals surface area contributed by atoms with Crippen molar-refractivity contribution >= 4 is 5.91 Å². The van der Waals surface area contributed by atoms with E-state index in [0.29, 0.717) is 17.9 Å². The van der Waals surface area contributed by atoms with Crippen LogP contribution in [-0.4, -0.2) is 22.2 Å². The molecule has 1 amide bonds. The van der Waals surface area contributed by atoms with Crippen LogP contribution in [0, 0.1) is 25.5 Å². The largest absolute Gasteiger partial charge is 0.347 e. The number of benzene rings is 2. The highest BCUT2D eigenvalue weighted by molar-refractivity contribution is 5.94. The minimum absolute atomic E-state index is 0.113. The molecule has 0 bridgehead atoms. The minimum Gasteiger partial charge on any atom is -0.347 e. The summed E-state index contributed by atoms with van der Waals surface area (Å²) in [5, 5.41) is 10.6. The Bertz CT molecular complexity index is 1060. The smallest absolute Gasteiger partial charge is 0.269 e. The van der Waals surface area contributed by atoms with E-state index in [2.05, 4.69) is 21.8 Å². The highest BCUT2D eigenvalue weighted by Gasteiger charge is 2.27. The molecule has 0 fully saturated rings. The van der Waals surface area contributed by atoms with Crippen LogP contribution in [0.25, 0.3) is 11.3 Å². The van der Waals surface area contributed by atoms with Gasteiger partial charge in [0.2, 0.25) is 0 Å².